The number of benzene rings is 2. The van der Waals surface area contributed by atoms with Gasteiger partial charge in [0.1, 0.15) is 6.61 Å². The van der Waals surface area contributed by atoms with Gasteiger partial charge >= 0.3 is 5.97 Å². The van der Waals surface area contributed by atoms with Gasteiger partial charge in [0.2, 0.25) is 6.79 Å². The summed E-state index contributed by atoms with van der Waals surface area (Å²) in [7, 11) is 0. The summed E-state index contributed by atoms with van der Waals surface area (Å²) in [6.45, 7) is 4.67. The quantitative estimate of drug-likeness (QED) is 0.551. The number of rotatable bonds is 6. The Balaban J connectivity index is 1.45. The summed E-state index contributed by atoms with van der Waals surface area (Å²) in [5.74, 6) is 0.403. The van der Waals surface area contributed by atoms with Crippen molar-refractivity contribution >= 4 is 17.8 Å². The number of esters is 1. The van der Waals surface area contributed by atoms with Crippen molar-refractivity contribution < 1.29 is 28.6 Å². The Kier molecular flexibility index (Phi) is 4.96. The second-order valence-corrected chi connectivity index (χ2v) is 7.47. The molecule has 29 heavy (non-hydrogen) atoms. The molecule has 0 spiro atoms. The molecule has 7 heteroatoms. The van der Waals surface area contributed by atoms with Crippen LogP contribution in [0.3, 0.4) is 0 Å². The second kappa shape index (κ2) is 7.58. The molecule has 2 aliphatic heterocycles. The molecule has 0 bridgehead atoms. The van der Waals surface area contributed by atoms with Gasteiger partial charge in [-0.15, -0.1) is 0 Å². The van der Waals surface area contributed by atoms with Crippen LogP contribution in [-0.2, 0) is 11.3 Å². The molecule has 2 aromatic rings. The minimum absolute atomic E-state index is 0.0555. The lowest BCUT2D eigenvalue weighted by atomic mass is 10.1. The van der Waals surface area contributed by atoms with Crippen molar-refractivity contribution in [2.24, 2.45) is 5.92 Å². The predicted molar refractivity (Wildman–Crippen MR) is 103 cm³/mol. The van der Waals surface area contributed by atoms with Crippen LogP contribution in [0.2, 0.25) is 0 Å². The van der Waals surface area contributed by atoms with Crippen LogP contribution in [0.5, 0.6) is 11.5 Å². The van der Waals surface area contributed by atoms with E-state index < -0.39 is 5.97 Å². The highest BCUT2D eigenvalue weighted by atomic mass is 16.7. The number of fused-ring (bicyclic) bond motifs is 2. The van der Waals surface area contributed by atoms with Gasteiger partial charge in [-0.3, -0.25) is 14.5 Å². The van der Waals surface area contributed by atoms with Crippen LogP contribution in [0.15, 0.2) is 36.4 Å². The molecule has 2 aliphatic rings. The van der Waals surface area contributed by atoms with E-state index in [1.807, 2.05) is 13.8 Å². The molecule has 2 amide bonds. The summed E-state index contributed by atoms with van der Waals surface area (Å²) in [6.07, 6.45) is 0.732. The normalized spacial score (nSPS) is 14.5. The first kappa shape index (κ1) is 19.0. The highest BCUT2D eigenvalue weighted by Gasteiger charge is 2.35. The van der Waals surface area contributed by atoms with Gasteiger partial charge in [-0.25, -0.2) is 4.79 Å². The summed E-state index contributed by atoms with van der Waals surface area (Å²) in [5.41, 5.74) is 1.56. The lowest BCUT2D eigenvalue weighted by Crippen LogP contribution is -2.31. The SMILES string of the molecule is CC(C)CCN1C(=O)c2ccc(C(=O)OCc3ccc4c(c3)OCO4)cc2C1=O. The van der Waals surface area contributed by atoms with Gasteiger partial charge in [-0.2, -0.15) is 0 Å². The Hall–Kier alpha value is -3.35. The number of ether oxygens (including phenoxy) is 3. The van der Waals surface area contributed by atoms with E-state index in [0.717, 1.165) is 12.0 Å². The fourth-order valence-corrected chi connectivity index (χ4v) is 3.27. The molecule has 150 valence electrons. The van der Waals surface area contributed by atoms with Gasteiger partial charge in [0.15, 0.2) is 11.5 Å². The van der Waals surface area contributed by atoms with Crippen molar-refractivity contribution in [3.8, 4) is 11.5 Å². The molecule has 0 fully saturated rings. The van der Waals surface area contributed by atoms with Gasteiger partial charge in [-0.1, -0.05) is 19.9 Å². The number of nitrogens with zero attached hydrogens (tertiary/aromatic N) is 1. The second-order valence-electron chi connectivity index (χ2n) is 7.47. The van der Waals surface area contributed by atoms with Gasteiger partial charge in [0, 0.05) is 6.54 Å². The average molecular weight is 395 g/mol. The Morgan fingerprint density at radius 1 is 1.03 bits per heavy atom. The van der Waals surface area contributed by atoms with E-state index >= 15 is 0 Å². The Labute approximate surface area is 168 Å². The molecule has 0 aliphatic carbocycles. The maximum atomic E-state index is 12.6. The summed E-state index contributed by atoms with van der Waals surface area (Å²) < 4.78 is 15.9. The van der Waals surface area contributed by atoms with E-state index in [4.69, 9.17) is 14.2 Å². The molecule has 4 rings (SSSR count). The van der Waals surface area contributed by atoms with Crippen molar-refractivity contribution in [3.63, 3.8) is 0 Å². The molecular weight excluding hydrogens is 374 g/mol. The van der Waals surface area contributed by atoms with Crippen molar-refractivity contribution in [2.45, 2.75) is 26.9 Å². The third-order valence-electron chi connectivity index (χ3n) is 4.94. The molecule has 2 aromatic carbocycles. The largest absolute Gasteiger partial charge is 0.457 e. The van der Waals surface area contributed by atoms with E-state index in [1.165, 1.54) is 23.1 Å². The molecule has 0 radical (unpaired) electrons. The Morgan fingerprint density at radius 2 is 1.79 bits per heavy atom. The highest BCUT2D eigenvalue weighted by molar-refractivity contribution is 6.21. The predicted octanol–water partition coefficient (Wildman–Crippen LogP) is 3.41. The number of imide groups is 1. The lowest BCUT2D eigenvalue weighted by Gasteiger charge is -2.14. The zero-order chi connectivity index (χ0) is 20.5. The molecule has 0 saturated carbocycles. The molecule has 0 aromatic heterocycles. The molecule has 7 nitrogen and oxygen atoms in total. The minimum Gasteiger partial charge on any atom is -0.457 e. The third kappa shape index (κ3) is 3.68. The molecule has 0 unspecified atom stereocenters. The minimum atomic E-state index is -0.564. The Morgan fingerprint density at radius 3 is 2.59 bits per heavy atom. The van der Waals surface area contributed by atoms with Crippen LogP contribution in [0.4, 0.5) is 0 Å². The maximum Gasteiger partial charge on any atom is 0.338 e. The van der Waals surface area contributed by atoms with E-state index in [9.17, 15) is 14.4 Å². The van der Waals surface area contributed by atoms with Gasteiger partial charge in [0.25, 0.3) is 11.8 Å². The molecule has 0 atom stereocenters. The van der Waals surface area contributed by atoms with Crippen LogP contribution >= 0.6 is 0 Å². The topological polar surface area (TPSA) is 82.1 Å². The van der Waals surface area contributed by atoms with Crippen LogP contribution in [0, 0.1) is 5.92 Å². The van der Waals surface area contributed by atoms with Crippen LogP contribution in [-0.4, -0.2) is 36.0 Å². The number of carbonyl (C=O) groups excluding carboxylic acids is 3. The summed E-state index contributed by atoms with van der Waals surface area (Å²) in [6, 6.07) is 9.77. The number of hydrogen-bond donors (Lipinski definition) is 0. The zero-order valence-corrected chi connectivity index (χ0v) is 16.3. The summed E-state index contributed by atoms with van der Waals surface area (Å²) >= 11 is 0. The average Bonchev–Trinajstić information content (AvgIpc) is 3.27. The first-order valence-electron chi connectivity index (χ1n) is 9.50. The molecular formula is C22H21NO6. The van der Waals surface area contributed by atoms with E-state index in [0.29, 0.717) is 29.5 Å². The molecule has 0 N–H and O–H groups in total. The van der Waals surface area contributed by atoms with Crippen molar-refractivity contribution in [2.75, 3.05) is 13.3 Å². The van der Waals surface area contributed by atoms with Crippen LogP contribution in [0.1, 0.15) is 56.9 Å². The number of hydrogen-bond acceptors (Lipinski definition) is 6. The third-order valence-corrected chi connectivity index (χ3v) is 4.94. The monoisotopic (exact) mass is 395 g/mol. The summed E-state index contributed by atoms with van der Waals surface area (Å²) in [5, 5.41) is 0. The Bertz CT molecular complexity index is 997. The fraction of sp³-hybridized carbons (Fsp3) is 0.318. The number of amides is 2. The molecule has 0 saturated heterocycles. The number of carbonyl (C=O) groups is 3. The maximum absolute atomic E-state index is 12.6. The van der Waals surface area contributed by atoms with Gasteiger partial charge < -0.3 is 14.2 Å². The fourth-order valence-electron chi connectivity index (χ4n) is 3.27. The van der Waals surface area contributed by atoms with Crippen molar-refractivity contribution in [1.82, 2.24) is 4.90 Å². The van der Waals surface area contributed by atoms with Crippen LogP contribution in [0.25, 0.3) is 0 Å². The smallest absolute Gasteiger partial charge is 0.338 e. The van der Waals surface area contributed by atoms with Gasteiger partial charge in [-0.05, 0) is 48.2 Å². The molecule has 2 heterocycles. The first-order valence-corrected chi connectivity index (χ1v) is 9.50. The van der Waals surface area contributed by atoms with Crippen molar-refractivity contribution in [1.29, 1.82) is 0 Å². The van der Waals surface area contributed by atoms with Crippen LogP contribution < -0.4 is 9.47 Å². The van der Waals surface area contributed by atoms with E-state index in [-0.39, 0.29) is 36.3 Å². The first-order chi connectivity index (χ1) is 13.9. The van der Waals surface area contributed by atoms with E-state index in [2.05, 4.69) is 0 Å². The van der Waals surface area contributed by atoms with Crippen molar-refractivity contribution in [3.05, 3.63) is 58.7 Å². The van der Waals surface area contributed by atoms with Gasteiger partial charge in [0.05, 0.1) is 16.7 Å². The lowest BCUT2D eigenvalue weighted by molar-refractivity contribution is 0.0472. The van der Waals surface area contributed by atoms with E-state index in [1.54, 1.807) is 18.2 Å². The standard InChI is InChI=1S/C22H21NO6/c1-13(2)7-8-23-20(24)16-5-4-15(10-17(16)21(23)25)22(26)27-11-14-3-6-18-19(9-14)29-12-28-18/h3-6,9-10,13H,7-8,11-12H2,1-2H3. The summed E-state index contributed by atoms with van der Waals surface area (Å²) in [4.78, 5) is 38.8. The zero-order valence-electron chi connectivity index (χ0n) is 16.3. The highest BCUT2D eigenvalue weighted by Crippen LogP contribution is 2.32.